The molecule has 0 amide bonds. The van der Waals surface area contributed by atoms with Crippen LogP contribution in [0, 0.1) is 5.82 Å². The van der Waals surface area contributed by atoms with Gasteiger partial charge >= 0.3 is 0 Å². The number of ether oxygens (including phenoxy) is 1. The van der Waals surface area contributed by atoms with Crippen molar-refractivity contribution in [1.82, 2.24) is 4.98 Å². The van der Waals surface area contributed by atoms with Crippen molar-refractivity contribution in [2.24, 2.45) is 0 Å². The standard InChI is InChI=1S/C13H10FNO2/c1-17-9-4-5-13-11(7-9)10(3-2-6-16)12(14)8-15-13/h2-8H,1H3/b3-2-. The number of pyridine rings is 1. The van der Waals surface area contributed by atoms with E-state index in [9.17, 15) is 9.18 Å². The number of allylic oxidation sites excluding steroid dienone is 1. The number of carbonyl (C=O) groups excluding carboxylic acids is 1. The van der Waals surface area contributed by atoms with Crippen LogP contribution in [0.5, 0.6) is 5.75 Å². The smallest absolute Gasteiger partial charge is 0.149 e. The summed E-state index contributed by atoms with van der Waals surface area (Å²) in [5.74, 6) is 0.148. The molecule has 3 nitrogen and oxygen atoms in total. The predicted molar refractivity (Wildman–Crippen MR) is 63.4 cm³/mol. The lowest BCUT2D eigenvalue weighted by Gasteiger charge is -2.05. The quantitative estimate of drug-likeness (QED) is 0.602. The van der Waals surface area contributed by atoms with E-state index in [0.29, 0.717) is 28.5 Å². The molecule has 0 aliphatic carbocycles. The maximum Gasteiger partial charge on any atom is 0.149 e. The second kappa shape index (κ2) is 4.74. The summed E-state index contributed by atoms with van der Waals surface area (Å²) >= 11 is 0. The second-order valence-electron chi connectivity index (χ2n) is 3.40. The third kappa shape index (κ3) is 2.15. The van der Waals surface area contributed by atoms with Crippen molar-refractivity contribution < 1.29 is 13.9 Å². The van der Waals surface area contributed by atoms with E-state index in [1.807, 2.05) is 0 Å². The minimum absolute atomic E-state index is 0.334. The molecule has 0 bridgehead atoms. The molecule has 0 unspecified atom stereocenters. The summed E-state index contributed by atoms with van der Waals surface area (Å²) in [6.45, 7) is 0. The Labute approximate surface area is 97.5 Å². The van der Waals surface area contributed by atoms with Crippen molar-refractivity contribution in [2.45, 2.75) is 0 Å². The molecule has 2 aromatic rings. The minimum atomic E-state index is -0.469. The number of methoxy groups -OCH3 is 1. The van der Waals surface area contributed by atoms with E-state index in [1.165, 1.54) is 19.3 Å². The fourth-order valence-electron chi connectivity index (χ4n) is 1.60. The molecular weight excluding hydrogens is 221 g/mol. The van der Waals surface area contributed by atoms with Crippen LogP contribution in [0.4, 0.5) is 4.39 Å². The van der Waals surface area contributed by atoms with Crippen LogP contribution in [-0.2, 0) is 4.79 Å². The molecule has 0 aliphatic rings. The molecule has 0 saturated carbocycles. The second-order valence-corrected chi connectivity index (χ2v) is 3.40. The Morgan fingerprint density at radius 2 is 2.24 bits per heavy atom. The van der Waals surface area contributed by atoms with Crippen LogP contribution in [-0.4, -0.2) is 18.4 Å². The number of carbonyl (C=O) groups is 1. The van der Waals surface area contributed by atoms with Crippen molar-refractivity contribution in [1.29, 1.82) is 0 Å². The minimum Gasteiger partial charge on any atom is -0.497 e. The molecule has 0 fully saturated rings. The lowest BCUT2D eigenvalue weighted by molar-refractivity contribution is -0.104. The van der Waals surface area contributed by atoms with Crippen LogP contribution < -0.4 is 4.74 Å². The van der Waals surface area contributed by atoms with Gasteiger partial charge < -0.3 is 4.74 Å². The van der Waals surface area contributed by atoms with Crippen LogP contribution in [0.1, 0.15) is 5.56 Å². The first-order valence-electron chi connectivity index (χ1n) is 5.00. The van der Waals surface area contributed by atoms with Crippen LogP contribution in [0.3, 0.4) is 0 Å². The van der Waals surface area contributed by atoms with Crippen LogP contribution in [0.15, 0.2) is 30.5 Å². The van der Waals surface area contributed by atoms with Crippen molar-refractivity contribution in [3.05, 3.63) is 41.9 Å². The molecule has 2 rings (SSSR count). The summed E-state index contributed by atoms with van der Waals surface area (Å²) in [5.41, 5.74) is 0.985. The first-order valence-corrected chi connectivity index (χ1v) is 5.00. The van der Waals surface area contributed by atoms with Gasteiger partial charge in [-0.1, -0.05) is 0 Å². The number of aldehydes is 1. The van der Waals surface area contributed by atoms with Gasteiger partial charge in [0.15, 0.2) is 0 Å². The number of nitrogens with zero attached hydrogens (tertiary/aromatic N) is 1. The average molecular weight is 231 g/mol. The van der Waals surface area contributed by atoms with Crippen molar-refractivity contribution in [3.63, 3.8) is 0 Å². The Hall–Kier alpha value is -2.23. The zero-order valence-electron chi connectivity index (χ0n) is 9.18. The van der Waals surface area contributed by atoms with Gasteiger partial charge in [-0.15, -0.1) is 0 Å². The molecule has 1 aromatic heterocycles. The van der Waals surface area contributed by atoms with Crippen molar-refractivity contribution in [2.75, 3.05) is 7.11 Å². The van der Waals surface area contributed by atoms with Gasteiger partial charge in [0.2, 0.25) is 0 Å². The zero-order valence-corrected chi connectivity index (χ0v) is 9.18. The van der Waals surface area contributed by atoms with E-state index < -0.39 is 5.82 Å². The van der Waals surface area contributed by atoms with Crippen LogP contribution in [0.25, 0.3) is 17.0 Å². The van der Waals surface area contributed by atoms with Gasteiger partial charge in [0.25, 0.3) is 0 Å². The number of hydrogen-bond donors (Lipinski definition) is 0. The number of benzene rings is 1. The van der Waals surface area contributed by atoms with Gasteiger partial charge in [-0.2, -0.15) is 0 Å². The van der Waals surface area contributed by atoms with Gasteiger partial charge in [0, 0.05) is 10.9 Å². The fraction of sp³-hybridized carbons (Fsp3) is 0.0769. The predicted octanol–water partition coefficient (Wildman–Crippen LogP) is 2.59. The third-order valence-electron chi connectivity index (χ3n) is 2.41. The number of fused-ring (bicyclic) bond motifs is 1. The molecule has 0 aliphatic heterocycles. The van der Waals surface area contributed by atoms with E-state index in [2.05, 4.69) is 4.98 Å². The Balaban J connectivity index is 2.72. The first kappa shape index (κ1) is 11.3. The normalized spacial score (nSPS) is 10.9. The Morgan fingerprint density at radius 1 is 1.41 bits per heavy atom. The SMILES string of the molecule is COc1ccc2ncc(F)c(/C=C\C=O)c2c1. The average Bonchev–Trinajstić information content (AvgIpc) is 2.37. The van der Waals surface area contributed by atoms with E-state index in [4.69, 9.17) is 4.74 Å². The van der Waals surface area contributed by atoms with Gasteiger partial charge in [-0.05, 0) is 30.4 Å². The lowest BCUT2D eigenvalue weighted by Crippen LogP contribution is -1.90. The van der Waals surface area contributed by atoms with Gasteiger partial charge in [-0.25, -0.2) is 4.39 Å². The highest BCUT2D eigenvalue weighted by Crippen LogP contribution is 2.25. The van der Waals surface area contributed by atoms with Crippen molar-refractivity contribution in [3.8, 4) is 5.75 Å². The molecule has 0 atom stereocenters. The summed E-state index contributed by atoms with van der Waals surface area (Å²) in [7, 11) is 1.54. The molecule has 0 N–H and O–H groups in total. The molecule has 0 saturated heterocycles. The fourth-order valence-corrected chi connectivity index (χ4v) is 1.60. The Morgan fingerprint density at radius 3 is 2.94 bits per heavy atom. The highest BCUT2D eigenvalue weighted by atomic mass is 19.1. The van der Waals surface area contributed by atoms with E-state index in [0.717, 1.165) is 6.20 Å². The zero-order chi connectivity index (χ0) is 12.3. The maximum absolute atomic E-state index is 13.6. The third-order valence-corrected chi connectivity index (χ3v) is 2.41. The Bertz CT molecular complexity index is 593. The maximum atomic E-state index is 13.6. The molecule has 0 radical (unpaired) electrons. The molecule has 4 heteroatoms. The Kier molecular flexibility index (Phi) is 3.14. The van der Waals surface area contributed by atoms with Crippen molar-refractivity contribution >= 4 is 23.3 Å². The van der Waals surface area contributed by atoms with Crippen LogP contribution >= 0.6 is 0 Å². The van der Waals surface area contributed by atoms with E-state index in [-0.39, 0.29) is 0 Å². The topological polar surface area (TPSA) is 39.2 Å². The highest BCUT2D eigenvalue weighted by molar-refractivity contribution is 5.91. The molecular formula is C13H10FNO2. The van der Waals surface area contributed by atoms with Gasteiger partial charge in [0.1, 0.15) is 17.9 Å². The van der Waals surface area contributed by atoms with E-state index in [1.54, 1.807) is 18.2 Å². The first-order chi connectivity index (χ1) is 8.26. The van der Waals surface area contributed by atoms with E-state index >= 15 is 0 Å². The summed E-state index contributed by atoms with van der Waals surface area (Å²) in [5, 5.41) is 0.613. The monoisotopic (exact) mass is 231 g/mol. The lowest BCUT2D eigenvalue weighted by atomic mass is 10.1. The van der Waals surface area contributed by atoms with Crippen LogP contribution in [0.2, 0.25) is 0 Å². The van der Waals surface area contributed by atoms with Gasteiger partial charge in [0.05, 0.1) is 18.8 Å². The highest BCUT2D eigenvalue weighted by Gasteiger charge is 2.07. The number of hydrogen-bond acceptors (Lipinski definition) is 3. The molecule has 0 spiro atoms. The van der Waals surface area contributed by atoms with Gasteiger partial charge in [-0.3, -0.25) is 9.78 Å². The molecule has 17 heavy (non-hydrogen) atoms. The summed E-state index contributed by atoms with van der Waals surface area (Å²) in [6, 6.07) is 5.18. The molecule has 1 aromatic carbocycles. The number of rotatable bonds is 3. The molecule has 86 valence electrons. The summed E-state index contributed by atoms with van der Waals surface area (Å²) in [6.07, 6.45) is 4.41. The number of halogens is 1. The summed E-state index contributed by atoms with van der Waals surface area (Å²) in [4.78, 5) is 14.3. The largest absolute Gasteiger partial charge is 0.497 e. The molecule has 1 heterocycles. The summed E-state index contributed by atoms with van der Waals surface area (Å²) < 4.78 is 18.7. The number of aromatic nitrogens is 1.